The molecule has 3 nitrogen and oxygen atoms in total. The van der Waals surface area contributed by atoms with Gasteiger partial charge < -0.3 is 5.11 Å². The van der Waals surface area contributed by atoms with Crippen molar-refractivity contribution in [1.29, 1.82) is 0 Å². The standard InChI is InChI=1S/C27H22NS3.C15H28O2.Ir/c1-14-15(2)30-25-18(14)6-7-19-20-8-10-28-22(24(20)31-26(19)25)17-12-16-9-11-29-23(16)21(13-17)27(3,4)5;1-7-14(5,8-2)12(16)11-13(17)15(6,9-3)10-4;/h6-11,13H,1-5H3;11,16H,7-10H2,1-6H3;/q-1;;/b;12-11-;. The molecule has 49 heavy (non-hydrogen) atoms. The average Bonchev–Trinajstić information content (AvgIpc) is 3.78. The molecule has 1 N–H and O–H groups in total. The number of aliphatic hydroxyl groups excluding tert-OH is 1. The van der Waals surface area contributed by atoms with E-state index in [0.29, 0.717) is 0 Å². The molecule has 2 aromatic carbocycles. The van der Waals surface area contributed by atoms with Crippen LogP contribution >= 0.6 is 34.0 Å². The third-order valence-electron chi connectivity index (χ3n) is 10.8. The minimum Gasteiger partial charge on any atom is -0.512 e. The molecule has 6 aromatic rings. The summed E-state index contributed by atoms with van der Waals surface area (Å²) in [6.07, 6.45) is 6.71. The van der Waals surface area contributed by atoms with E-state index in [0.717, 1.165) is 36.9 Å². The van der Waals surface area contributed by atoms with Gasteiger partial charge in [0.2, 0.25) is 0 Å². The Kier molecular flexibility index (Phi) is 12.1. The maximum Gasteiger partial charge on any atom is 0.164 e. The number of aliphatic hydroxyl groups is 1. The molecular formula is C42H50IrNO2S3-. The third-order valence-corrected chi connectivity index (χ3v) is 14.4. The normalized spacial score (nSPS) is 12.8. The summed E-state index contributed by atoms with van der Waals surface area (Å²) in [5.74, 6) is 0.286. The van der Waals surface area contributed by atoms with Crippen LogP contribution in [0.4, 0.5) is 0 Å². The van der Waals surface area contributed by atoms with E-state index in [9.17, 15) is 9.90 Å². The Morgan fingerprint density at radius 1 is 0.816 bits per heavy atom. The summed E-state index contributed by atoms with van der Waals surface area (Å²) < 4.78 is 5.40. The van der Waals surface area contributed by atoms with E-state index in [4.69, 9.17) is 4.98 Å². The van der Waals surface area contributed by atoms with Gasteiger partial charge >= 0.3 is 0 Å². The Morgan fingerprint density at radius 3 is 2.02 bits per heavy atom. The fourth-order valence-electron chi connectivity index (χ4n) is 6.12. The van der Waals surface area contributed by atoms with Gasteiger partial charge in [0.25, 0.3) is 0 Å². The fourth-order valence-corrected chi connectivity index (χ4v) is 9.80. The van der Waals surface area contributed by atoms with E-state index in [-0.39, 0.29) is 47.9 Å². The zero-order valence-electron chi connectivity index (χ0n) is 30.8. The maximum atomic E-state index is 12.2. The van der Waals surface area contributed by atoms with Crippen molar-refractivity contribution in [3.8, 4) is 11.3 Å². The summed E-state index contributed by atoms with van der Waals surface area (Å²) in [5.41, 5.74) is 4.40. The molecule has 0 atom stereocenters. The van der Waals surface area contributed by atoms with Crippen molar-refractivity contribution in [3.63, 3.8) is 0 Å². The molecule has 4 aromatic heterocycles. The molecule has 6 rings (SSSR count). The van der Waals surface area contributed by atoms with Crippen molar-refractivity contribution >= 4 is 80.1 Å². The van der Waals surface area contributed by atoms with Crippen LogP contribution in [0.2, 0.25) is 0 Å². The molecule has 7 heteroatoms. The molecule has 0 bridgehead atoms. The Hall–Kier alpha value is -2.41. The summed E-state index contributed by atoms with van der Waals surface area (Å²) in [5, 5.41) is 17.5. The second-order valence-electron chi connectivity index (χ2n) is 14.7. The topological polar surface area (TPSA) is 50.2 Å². The molecule has 263 valence electrons. The molecule has 1 radical (unpaired) electrons. The van der Waals surface area contributed by atoms with Crippen LogP contribution in [0.3, 0.4) is 0 Å². The number of allylic oxidation sites excluding steroid dienone is 2. The van der Waals surface area contributed by atoms with Crippen LogP contribution < -0.4 is 0 Å². The Bertz CT molecular complexity index is 2150. The van der Waals surface area contributed by atoms with Gasteiger partial charge in [0.15, 0.2) is 5.78 Å². The zero-order valence-corrected chi connectivity index (χ0v) is 35.7. The van der Waals surface area contributed by atoms with Crippen LogP contribution in [-0.4, -0.2) is 15.9 Å². The molecule has 0 saturated heterocycles. The van der Waals surface area contributed by atoms with Gasteiger partial charge in [-0.25, -0.2) is 0 Å². The predicted octanol–water partition coefficient (Wildman–Crippen LogP) is 13.9. The Morgan fingerprint density at radius 2 is 1.41 bits per heavy atom. The van der Waals surface area contributed by atoms with Crippen molar-refractivity contribution < 1.29 is 30.0 Å². The number of rotatable bonds is 8. The molecule has 0 saturated carbocycles. The van der Waals surface area contributed by atoms with Crippen LogP contribution in [0.1, 0.15) is 104 Å². The molecule has 0 fully saturated rings. The first-order chi connectivity index (χ1) is 22.6. The van der Waals surface area contributed by atoms with E-state index in [1.165, 1.54) is 62.4 Å². The van der Waals surface area contributed by atoms with Gasteiger partial charge in [-0.3, -0.25) is 9.78 Å². The summed E-state index contributed by atoms with van der Waals surface area (Å²) in [7, 11) is 0. The van der Waals surface area contributed by atoms with E-state index in [2.05, 4.69) is 76.4 Å². The number of aryl methyl sites for hydroxylation is 2. The van der Waals surface area contributed by atoms with Crippen molar-refractivity contribution in [1.82, 2.24) is 4.98 Å². The number of hydrogen-bond donors (Lipinski definition) is 1. The third kappa shape index (κ3) is 7.35. The minimum atomic E-state index is -0.337. The number of carbonyl (C=O) groups is 1. The van der Waals surface area contributed by atoms with E-state index < -0.39 is 0 Å². The van der Waals surface area contributed by atoms with Gasteiger partial charge in [0.1, 0.15) is 5.76 Å². The van der Waals surface area contributed by atoms with Crippen LogP contribution in [0, 0.1) is 30.7 Å². The van der Waals surface area contributed by atoms with Crippen LogP contribution in [0.5, 0.6) is 0 Å². The van der Waals surface area contributed by atoms with E-state index >= 15 is 0 Å². The number of pyridine rings is 1. The number of nitrogens with zero attached hydrogens (tertiary/aromatic N) is 1. The molecule has 0 amide bonds. The largest absolute Gasteiger partial charge is 0.512 e. The molecule has 4 heterocycles. The molecule has 0 aliphatic rings. The summed E-state index contributed by atoms with van der Waals surface area (Å²) in [6, 6.07) is 14.9. The SMILES string of the molecule is CCC(C)(CC)C(=O)/C=C(\O)C(C)(CC)CC.Cc1sc2c(ccc3c4ccnc(-c5[c-]c6ccsc6c(C(C)(C)C)c5)c4sc32)c1C.[Ir]. The molecule has 0 spiro atoms. The summed E-state index contributed by atoms with van der Waals surface area (Å²) >= 11 is 5.61. The first-order valence-corrected chi connectivity index (χ1v) is 19.7. The van der Waals surface area contributed by atoms with E-state index in [1.807, 2.05) is 81.7 Å². The van der Waals surface area contributed by atoms with Crippen LogP contribution in [0.25, 0.3) is 51.6 Å². The van der Waals surface area contributed by atoms with Crippen molar-refractivity contribution in [2.24, 2.45) is 10.8 Å². The molecule has 0 unspecified atom stereocenters. The maximum absolute atomic E-state index is 12.2. The first kappa shape index (κ1) is 39.4. The predicted molar refractivity (Wildman–Crippen MR) is 213 cm³/mol. The van der Waals surface area contributed by atoms with Crippen molar-refractivity contribution in [2.45, 2.75) is 107 Å². The van der Waals surface area contributed by atoms with Gasteiger partial charge in [-0.05, 0) is 77.4 Å². The summed E-state index contributed by atoms with van der Waals surface area (Å²) in [4.78, 5) is 18.5. The zero-order chi connectivity index (χ0) is 35.2. The van der Waals surface area contributed by atoms with Gasteiger partial charge in [0, 0.05) is 63.9 Å². The quantitative estimate of drug-likeness (QED) is 0.0941. The molecule has 0 aliphatic heterocycles. The Labute approximate surface area is 318 Å². The van der Waals surface area contributed by atoms with Gasteiger partial charge in [0.05, 0.1) is 9.40 Å². The number of aromatic nitrogens is 1. The number of ketones is 1. The number of fused-ring (bicyclic) bond motifs is 6. The fraction of sp³-hybridized carbons (Fsp3) is 0.429. The van der Waals surface area contributed by atoms with Gasteiger partial charge in [-0.2, -0.15) is 11.3 Å². The second-order valence-corrected chi connectivity index (χ2v) is 17.8. The molecule has 0 aliphatic carbocycles. The summed E-state index contributed by atoms with van der Waals surface area (Å²) in [6.45, 7) is 23.4. The number of benzene rings is 2. The van der Waals surface area contributed by atoms with Gasteiger partial charge in [-0.15, -0.1) is 46.3 Å². The second kappa shape index (κ2) is 15.1. The smallest absolute Gasteiger partial charge is 0.164 e. The van der Waals surface area contributed by atoms with Crippen molar-refractivity contribution in [2.75, 3.05) is 0 Å². The number of carbonyl (C=O) groups excluding carboxylic acids is 1. The number of thiophene rings is 3. The monoisotopic (exact) mass is 889 g/mol. The van der Waals surface area contributed by atoms with Gasteiger partial charge in [-0.1, -0.05) is 85.6 Å². The van der Waals surface area contributed by atoms with Crippen LogP contribution in [-0.2, 0) is 30.3 Å². The average molecular weight is 889 g/mol. The number of hydrogen-bond acceptors (Lipinski definition) is 6. The van der Waals surface area contributed by atoms with Crippen molar-refractivity contribution in [3.05, 3.63) is 75.8 Å². The minimum absolute atomic E-state index is 0. The molecular weight excluding hydrogens is 839 g/mol. The first-order valence-electron chi connectivity index (χ1n) is 17.2. The van der Waals surface area contributed by atoms with E-state index in [1.54, 1.807) is 0 Å². The van der Waals surface area contributed by atoms with Crippen LogP contribution in [0.15, 0.2) is 53.7 Å². The Balaban J connectivity index is 0.000000260.